The van der Waals surface area contributed by atoms with Crippen molar-refractivity contribution in [3.05, 3.63) is 64.9 Å². The van der Waals surface area contributed by atoms with E-state index in [0.29, 0.717) is 48.4 Å². The highest BCUT2D eigenvalue weighted by atomic mass is 32.2. The lowest BCUT2D eigenvalue weighted by Gasteiger charge is -2.44. The Balaban J connectivity index is 1.61. The van der Waals surface area contributed by atoms with Gasteiger partial charge in [-0.2, -0.15) is 0 Å². The molecule has 226 valence electrons. The van der Waals surface area contributed by atoms with Gasteiger partial charge in [-0.3, -0.25) is 14.3 Å². The van der Waals surface area contributed by atoms with Crippen LogP contribution in [0.25, 0.3) is 10.8 Å². The number of Topliss-reactive ketones (excluding diaryl/α,β-unsaturated/α-hetero) is 1. The molecule has 12 heteroatoms. The van der Waals surface area contributed by atoms with Crippen molar-refractivity contribution in [3.63, 3.8) is 0 Å². The molecule has 0 radical (unpaired) electrons. The zero-order chi connectivity index (χ0) is 30.7. The predicted molar refractivity (Wildman–Crippen MR) is 162 cm³/mol. The van der Waals surface area contributed by atoms with Crippen molar-refractivity contribution < 1.29 is 36.9 Å². The molecule has 3 aromatic rings. The minimum Gasteiger partial charge on any atom is -0.633 e. The number of nitrogens with one attached hydrogen (secondary N) is 2. The fraction of sp³-hybridized carbons (Fsp3) is 0.400. The molecule has 1 saturated heterocycles. The molecule has 0 saturated carbocycles. The fourth-order valence-electron chi connectivity index (χ4n) is 4.77. The number of ether oxygens (including phenoxy) is 3. The summed E-state index contributed by atoms with van der Waals surface area (Å²) in [6, 6.07) is 13.5. The van der Waals surface area contributed by atoms with E-state index in [1.165, 1.54) is 13.2 Å². The summed E-state index contributed by atoms with van der Waals surface area (Å²) in [5.74, 6) is -1.15. The van der Waals surface area contributed by atoms with E-state index in [4.69, 9.17) is 14.2 Å². The number of quaternary nitrogens is 1. The Morgan fingerprint density at radius 2 is 1.67 bits per heavy atom. The van der Waals surface area contributed by atoms with Crippen LogP contribution in [-0.4, -0.2) is 77.6 Å². The number of sulfonamides is 1. The highest BCUT2D eigenvalue weighted by molar-refractivity contribution is 7.92. The standard InChI is InChI=1S/C30H37N3O8S/c1-30(2,3)20-18-24(28(39-4)25(19-20)32-42(5,37)38)31-29(35)27(34)23-10-11-26(22-9-7-6-8-21(22)23)41-17-14-33(36)12-15-40-16-13-33/h6-11,18-19,32H,12-17H2,1-5H3,(H,31,35). The van der Waals surface area contributed by atoms with Crippen molar-refractivity contribution in [3.8, 4) is 11.5 Å². The number of methoxy groups -OCH3 is 1. The number of morpholine rings is 1. The minimum atomic E-state index is -3.67. The molecule has 1 amide bonds. The number of hydrogen-bond donors (Lipinski definition) is 2. The Labute approximate surface area is 246 Å². The molecule has 1 aliphatic rings. The predicted octanol–water partition coefficient (Wildman–Crippen LogP) is 4.06. The maximum atomic E-state index is 13.5. The van der Waals surface area contributed by atoms with Crippen LogP contribution in [0, 0.1) is 5.21 Å². The van der Waals surface area contributed by atoms with Crippen molar-refractivity contribution in [2.45, 2.75) is 26.2 Å². The van der Waals surface area contributed by atoms with E-state index in [-0.39, 0.29) is 40.5 Å². The third kappa shape index (κ3) is 7.37. The Hall–Kier alpha value is -3.71. The highest BCUT2D eigenvalue weighted by Crippen LogP contribution is 2.39. The molecule has 4 rings (SSSR count). The number of rotatable bonds is 10. The molecule has 3 aromatic carbocycles. The van der Waals surface area contributed by atoms with Gasteiger partial charge in [0.05, 0.1) is 38.0 Å². The van der Waals surface area contributed by atoms with Crippen molar-refractivity contribution in [1.29, 1.82) is 0 Å². The summed E-state index contributed by atoms with van der Waals surface area (Å²) in [6.07, 6.45) is 1.01. The van der Waals surface area contributed by atoms with Crippen molar-refractivity contribution in [2.75, 3.05) is 62.9 Å². The van der Waals surface area contributed by atoms with Crippen LogP contribution in [0.15, 0.2) is 48.5 Å². The lowest BCUT2D eigenvalue weighted by molar-refractivity contribution is -0.888. The van der Waals surface area contributed by atoms with Gasteiger partial charge in [-0.05, 0) is 40.6 Å². The molecule has 0 spiro atoms. The van der Waals surface area contributed by atoms with Crippen LogP contribution >= 0.6 is 0 Å². The average Bonchev–Trinajstić information content (AvgIpc) is 2.91. The average molecular weight is 600 g/mol. The number of nitrogens with zero attached hydrogens (tertiary/aromatic N) is 1. The van der Waals surface area contributed by atoms with Gasteiger partial charge < -0.3 is 29.4 Å². The smallest absolute Gasteiger partial charge is 0.296 e. The molecule has 1 fully saturated rings. The Morgan fingerprint density at radius 1 is 1.02 bits per heavy atom. The zero-order valence-electron chi connectivity index (χ0n) is 24.5. The van der Waals surface area contributed by atoms with Gasteiger partial charge >= 0.3 is 0 Å². The molecule has 0 bridgehead atoms. The third-order valence-electron chi connectivity index (χ3n) is 7.08. The molecule has 0 unspecified atom stereocenters. The van der Waals surface area contributed by atoms with Crippen LogP contribution < -0.4 is 19.5 Å². The van der Waals surface area contributed by atoms with Crippen LogP contribution in [0.3, 0.4) is 0 Å². The van der Waals surface area contributed by atoms with Crippen molar-refractivity contribution >= 4 is 43.9 Å². The second kappa shape index (κ2) is 12.3. The molecular weight excluding hydrogens is 562 g/mol. The number of carbonyl (C=O) groups is 2. The molecule has 0 aliphatic carbocycles. The van der Waals surface area contributed by atoms with E-state index in [2.05, 4.69) is 10.0 Å². The van der Waals surface area contributed by atoms with Gasteiger partial charge in [-0.15, -0.1) is 0 Å². The summed E-state index contributed by atoms with van der Waals surface area (Å²) in [5.41, 5.74) is 0.753. The number of fused-ring (bicyclic) bond motifs is 1. The van der Waals surface area contributed by atoms with E-state index in [1.807, 2.05) is 20.8 Å². The van der Waals surface area contributed by atoms with Crippen LogP contribution in [-0.2, 0) is 25.0 Å². The number of anilines is 2. The lowest BCUT2D eigenvalue weighted by Crippen LogP contribution is -2.52. The summed E-state index contributed by atoms with van der Waals surface area (Å²) < 4.78 is 42.8. The third-order valence-corrected chi connectivity index (χ3v) is 7.67. The highest BCUT2D eigenvalue weighted by Gasteiger charge is 2.26. The number of benzene rings is 3. The largest absolute Gasteiger partial charge is 0.633 e. The van der Waals surface area contributed by atoms with Crippen LogP contribution in [0.2, 0.25) is 0 Å². The summed E-state index contributed by atoms with van der Waals surface area (Å²) in [4.78, 5) is 26.8. The van der Waals surface area contributed by atoms with Gasteiger partial charge in [-0.25, -0.2) is 8.42 Å². The SMILES string of the molecule is COc1c(NC(=O)C(=O)c2ccc(OCC[N+]3([O-])CCOCC3)c3ccccc23)cc(C(C)(C)C)cc1NS(C)(=O)=O. The monoisotopic (exact) mass is 599 g/mol. The minimum absolute atomic E-state index is 0.0715. The second-order valence-electron chi connectivity index (χ2n) is 11.4. The van der Waals surface area contributed by atoms with E-state index in [0.717, 1.165) is 6.26 Å². The first-order valence-corrected chi connectivity index (χ1v) is 15.5. The van der Waals surface area contributed by atoms with Crippen LogP contribution in [0.4, 0.5) is 11.4 Å². The fourth-order valence-corrected chi connectivity index (χ4v) is 5.32. The maximum Gasteiger partial charge on any atom is 0.296 e. The van der Waals surface area contributed by atoms with Gasteiger partial charge in [0, 0.05) is 10.9 Å². The maximum absolute atomic E-state index is 13.5. The molecule has 0 atom stereocenters. The number of ketones is 1. The molecule has 1 aliphatic heterocycles. The summed E-state index contributed by atoms with van der Waals surface area (Å²) >= 11 is 0. The first kappa shape index (κ1) is 31.2. The number of amides is 1. The van der Waals surface area contributed by atoms with E-state index in [1.54, 1.807) is 42.5 Å². The molecule has 42 heavy (non-hydrogen) atoms. The molecule has 0 aromatic heterocycles. The van der Waals surface area contributed by atoms with Gasteiger partial charge in [0.1, 0.15) is 32.0 Å². The van der Waals surface area contributed by atoms with Gasteiger partial charge in [0.2, 0.25) is 10.0 Å². The van der Waals surface area contributed by atoms with Gasteiger partial charge in [-0.1, -0.05) is 45.0 Å². The molecule has 11 nitrogen and oxygen atoms in total. The first-order valence-electron chi connectivity index (χ1n) is 13.6. The Kier molecular flexibility index (Phi) is 9.12. The zero-order valence-corrected chi connectivity index (χ0v) is 25.3. The van der Waals surface area contributed by atoms with Gasteiger partial charge in [0.25, 0.3) is 11.7 Å². The number of carbonyl (C=O) groups excluding carboxylic acids is 2. The Morgan fingerprint density at radius 3 is 2.29 bits per heavy atom. The van der Waals surface area contributed by atoms with E-state index in [9.17, 15) is 23.2 Å². The second-order valence-corrected chi connectivity index (χ2v) is 13.1. The van der Waals surface area contributed by atoms with Crippen LogP contribution in [0.5, 0.6) is 11.5 Å². The topological polar surface area (TPSA) is 143 Å². The van der Waals surface area contributed by atoms with E-state index < -0.39 is 27.1 Å². The summed E-state index contributed by atoms with van der Waals surface area (Å²) in [6.45, 7) is 7.87. The molecule has 2 N–H and O–H groups in total. The van der Waals surface area contributed by atoms with Gasteiger partial charge in [0.15, 0.2) is 5.75 Å². The quantitative estimate of drug-likeness (QED) is 0.154. The first-order chi connectivity index (χ1) is 19.7. The number of hydroxylamine groups is 3. The molecular formula is C30H37N3O8S. The Bertz CT molecular complexity index is 1590. The molecule has 1 heterocycles. The number of hydrogen-bond acceptors (Lipinski definition) is 8. The summed E-state index contributed by atoms with van der Waals surface area (Å²) in [5, 5.41) is 16.6. The van der Waals surface area contributed by atoms with Crippen molar-refractivity contribution in [2.24, 2.45) is 0 Å². The van der Waals surface area contributed by atoms with Crippen molar-refractivity contribution in [1.82, 2.24) is 0 Å². The summed E-state index contributed by atoms with van der Waals surface area (Å²) in [7, 11) is -2.32. The van der Waals surface area contributed by atoms with E-state index >= 15 is 0 Å². The lowest BCUT2D eigenvalue weighted by atomic mass is 9.86. The normalized spacial score (nSPS) is 15.2. The van der Waals surface area contributed by atoms with Crippen LogP contribution in [0.1, 0.15) is 36.7 Å².